The molecule has 0 aliphatic carbocycles. The molecule has 1 atom stereocenters. The second kappa shape index (κ2) is 7.62. The average Bonchev–Trinajstić information content (AvgIpc) is 2.95. The minimum Gasteiger partial charge on any atom is -0.490 e. The molecule has 2 heterocycles. The molecule has 1 aliphatic heterocycles. The molecule has 0 unspecified atom stereocenters. The Morgan fingerprint density at radius 1 is 1.08 bits per heavy atom. The third kappa shape index (κ3) is 3.44. The van der Waals surface area contributed by atoms with E-state index in [1.54, 1.807) is 0 Å². The van der Waals surface area contributed by atoms with Crippen molar-refractivity contribution in [3.8, 4) is 11.5 Å². The second-order valence-corrected chi connectivity index (χ2v) is 6.42. The fourth-order valence-corrected chi connectivity index (χ4v) is 3.26. The Bertz CT molecular complexity index is 861. The minimum atomic E-state index is -0.00116. The summed E-state index contributed by atoms with van der Waals surface area (Å²) in [6.07, 6.45) is 4.71. The first kappa shape index (κ1) is 16.7. The second-order valence-electron chi connectivity index (χ2n) is 6.42. The molecule has 0 fully saturated rings. The molecule has 26 heavy (non-hydrogen) atoms. The van der Waals surface area contributed by atoms with Gasteiger partial charge < -0.3 is 14.0 Å². The van der Waals surface area contributed by atoms with Crippen LogP contribution in [-0.4, -0.2) is 22.8 Å². The maximum absolute atomic E-state index is 5.95. The lowest BCUT2D eigenvalue weighted by Gasteiger charge is -2.20. The third-order valence-corrected chi connectivity index (χ3v) is 4.60. The van der Waals surface area contributed by atoms with Gasteiger partial charge in [0, 0.05) is 38.0 Å². The minimum absolute atomic E-state index is 0.00116. The molecule has 1 N–H and O–H groups in total. The van der Waals surface area contributed by atoms with E-state index in [0.717, 1.165) is 29.3 Å². The maximum Gasteiger partial charge on any atom is 0.165 e. The van der Waals surface area contributed by atoms with E-state index < -0.39 is 0 Å². The van der Waals surface area contributed by atoms with Crippen molar-refractivity contribution in [3.63, 3.8) is 0 Å². The molecule has 4 rings (SSSR count). The summed E-state index contributed by atoms with van der Waals surface area (Å²) >= 11 is 0. The highest BCUT2D eigenvalue weighted by Crippen LogP contribution is 2.33. The number of rotatable bonds is 5. The van der Waals surface area contributed by atoms with Crippen LogP contribution >= 0.6 is 0 Å². The third-order valence-electron chi connectivity index (χ3n) is 4.60. The number of fused-ring (bicyclic) bond motifs is 1. The van der Waals surface area contributed by atoms with Crippen molar-refractivity contribution in [2.24, 2.45) is 7.05 Å². The molecule has 0 saturated heterocycles. The Labute approximate surface area is 153 Å². The summed E-state index contributed by atoms with van der Waals surface area (Å²) in [5.74, 6) is 2.66. The highest BCUT2D eigenvalue weighted by atomic mass is 16.5. The van der Waals surface area contributed by atoms with Gasteiger partial charge in [-0.25, -0.2) is 4.98 Å². The number of nitrogens with one attached hydrogen (secondary N) is 1. The van der Waals surface area contributed by atoms with Crippen LogP contribution in [0, 0.1) is 0 Å². The van der Waals surface area contributed by atoms with Crippen LogP contribution in [0.5, 0.6) is 11.5 Å². The van der Waals surface area contributed by atoms with Gasteiger partial charge in [0.05, 0.1) is 19.3 Å². The van der Waals surface area contributed by atoms with E-state index in [1.807, 2.05) is 37.6 Å². The number of benzene rings is 2. The Morgan fingerprint density at radius 3 is 2.73 bits per heavy atom. The molecule has 5 nitrogen and oxygen atoms in total. The number of nitrogens with zero attached hydrogens (tertiary/aromatic N) is 2. The summed E-state index contributed by atoms with van der Waals surface area (Å²) in [7, 11) is 2.02. The van der Waals surface area contributed by atoms with Crippen molar-refractivity contribution in [2.75, 3.05) is 13.2 Å². The quantitative estimate of drug-likeness (QED) is 0.766. The number of hydrogen-bond acceptors (Lipinski definition) is 4. The number of imidazole rings is 1. The van der Waals surface area contributed by atoms with Gasteiger partial charge in [-0.05, 0) is 11.6 Å². The van der Waals surface area contributed by atoms with E-state index in [9.17, 15) is 0 Å². The summed E-state index contributed by atoms with van der Waals surface area (Å²) in [5, 5.41) is 3.65. The van der Waals surface area contributed by atoms with Crippen molar-refractivity contribution in [1.82, 2.24) is 14.9 Å². The van der Waals surface area contributed by atoms with Crippen LogP contribution in [0.25, 0.3) is 0 Å². The molecule has 0 amide bonds. The molecule has 0 saturated carbocycles. The smallest absolute Gasteiger partial charge is 0.165 e. The lowest BCUT2D eigenvalue weighted by molar-refractivity contribution is 0.295. The number of para-hydroxylation sites is 1. The molecule has 0 spiro atoms. The molecule has 3 aromatic rings. The molecule has 134 valence electrons. The molecule has 5 heteroatoms. The topological polar surface area (TPSA) is 48.3 Å². The lowest BCUT2D eigenvalue weighted by atomic mass is 10.1. The van der Waals surface area contributed by atoms with Gasteiger partial charge in [-0.15, -0.1) is 0 Å². The normalized spacial score (nSPS) is 14.7. The molecular formula is C21H23N3O2. The van der Waals surface area contributed by atoms with Crippen LogP contribution in [0.1, 0.15) is 29.4 Å². The number of ether oxygens (including phenoxy) is 2. The van der Waals surface area contributed by atoms with Gasteiger partial charge in [0.1, 0.15) is 5.82 Å². The van der Waals surface area contributed by atoms with Gasteiger partial charge in [0.25, 0.3) is 0 Å². The van der Waals surface area contributed by atoms with E-state index in [2.05, 4.69) is 45.2 Å². The fraction of sp³-hybridized carbons (Fsp3) is 0.286. The van der Waals surface area contributed by atoms with Crippen molar-refractivity contribution in [3.05, 3.63) is 77.9 Å². The standard InChI is InChI=1S/C21H23N3O2/c1-24-12-11-22-21(24)19(16-7-3-2-4-8-16)23-15-17-9-5-10-18-20(17)26-14-6-13-25-18/h2-5,7-12,19,23H,6,13-15H2,1H3/t19-/m0/s1. The van der Waals surface area contributed by atoms with Crippen molar-refractivity contribution in [2.45, 2.75) is 19.0 Å². The predicted molar refractivity (Wildman–Crippen MR) is 100 cm³/mol. The van der Waals surface area contributed by atoms with Gasteiger partial charge in [-0.3, -0.25) is 5.32 Å². The Kier molecular flexibility index (Phi) is 4.88. The van der Waals surface area contributed by atoms with Crippen molar-refractivity contribution in [1.29, 1.82) is 0 Å². The van der Waals surface area contributed by atoms with Gasteiger partial charge in [0.15, 0.2) is 11.5 Å². The van der Waals surface area contributed by atoms with Gasteiger partial charge in [-0.1, -0.05) is 42.5 Å². The van der Waals surface area contributed by atoms with E-state index in [0.29, 0.717) is 19.8 Å². The van der Waals surface area contributed by atoms with Gasteiger partial charge in [-0.2, -0.15) is 0 Å². The predicted octanol–water partition coefficient (Wildman–Crippen LogP) is 3.46. The molecular weight excluding hydrogens is 326 g/mol. The monoisotopic (exact) mass is 349 g/mol. The summed E-state index contributed by atoms with van der Waals surface area (Å²) < 4.78 is 13.8. The largest absolute Gasteiger partial charge is 0.490 e. The zero-order valence-corrected chi connectivity index (χ0v) is 14.9. The van der Waals surface area contributed by atoms with Crippen LogP contribution in [0.3, 0.4) is 0 Å². The first-order chi connectivity index (χ1) is 12.8. The van der Waals surface area contributed by atoms with E-state index >= 15 is 0 Å². The Hall–Kier alpha value is -2.79. The summed E-state index contributed by atoms with van der Waals surface area (Å²) in [6.45, 7) is 2.05. The van der Waals surface area contributed by atoms with Crippen LogP contribution in [0.4, 0.5) is 0 Å². The number of hydrogen-bond donors (Lipinski definition) is 1. The molecule has 0 bridgehead atoms. The number of aromatic nitrogens is 2. The van der Waals surface area contributed by atoms with Crippen LogP contribution in [-0.2, 0) is 13.6 Å². The fourth-order valence-electron chi connectivity index (χ4n) is 3.26. The van der Waals surface area contributed by atoms with Crippen LogP contribution in [0.2, 0.25) is 0 Å². The molecule has 0 radical (unpaired) electrons. The van der Waals surface area contributed by atoms with Crippen LogP contribution in [0.15, 0.2) is 60.9 Å². The van der Waals surface area contributed by atoms with Crippen molar-refractivity contribution >= 4 is 0 Å². The summed E-state index contributed by atoms with van der Waals surface area (Å²) in [6, 6.07) is 16.5. The Morgan fingerprint density at radius 2 is 1.92 bits per heavy atom. The number of aryl methyl sites for hydroxylation is 1. The summed E-state index contributed by atoms with van der Waals surface area (Å²) in [5.41, 5.74) is 2.28. The van der Waals surface area contributed by atoms with E-state index in [4.69, 9.17) is 9.47 Å². The highest BCUT2D eigenvalue weighted by molar-refractivity contribution is 5.47. The zero-order valence-electron chi connectivity index (χ0n) is 14.9. The van der Waals surface area contributed by atoms with Gasteiger partial charge >= 0.3 is 0 Å². The van der Waals surface area contributed by atoms with E-state index in [1.165, 1.54) is 5.56 Å². The molecule has 1 aliphatic rings. The molecule has 1 aromatic heterocycles. The maximum atomic E-state index is 5.95. The first-order valence-corrected chi connectivity index (χ1v) is 8.96. The first-order valence-electron chi connectivity index (χ1n) is 8.96. The average molecular weight is 349 g/mol. The Balaban J connectivity index is 1.61. The zero-order chi connectivity index (χ0) is 17.8. The van der Waals surface area contributed by atoms with Crippen LogP contribution < -0.4 is 14.8 Å². The lowest BCUT2D eigenvalue weighted by Crippen LogP contribution is -2.25. The van der Waals surface area contributed by atoms with E-state index in [-0.39, 0.29) is 6.04 Å². The van der Waals surface area contributed by atoms with Crippen molar-refractivity contribution < 1.29 is 9.47 Å². The summed E-state index contributed by atoms with van der Waals surface area (Å²) in [4.78, 5) is 4.55. The van der Waals surface area contributed by atoms with Gasteiger partial charge in [0.2, 0.25) is 0 Å². The SMILES string of the molecule is Cn1ccnc1[C@@H](NCc1cccc2c1OCCCO2)c1ccccc1. The highest BCUT2D eigenvalue weighted by Gasteiger charge is 2.20. The molecule has 2 aromatic carbocycles.